The maximum absolute atomic E-state index is 11.2. The minimum absolute atomic E-state index is 0.00578. The molecule has 7 heteroatoms. The van der Waals surface area contributed by atoms with Gasteiger partial charge in [-0.1, -0.05) is 12.1 Å². The summed E-state index contributed by atoms with van der Waals surface area (Å²) in [6.07, 6.45) is -0.325. The van der Waals surface area contributed by atoms with E-state index in [0.717, 1.165) is 5.56 Å². The molecule has 0 spiro atoms. The van der Waals surface area contributed by atoms with E-state index in [4.69, 9.17) is 14.2 Å². The number of aromatic hydroxyl groups is 2. The van der Waals surface area contributed by atoms with Crippen LogP contribution in [-0.2, 0) is 11.2 Å². The Morgan fingerprint density at radius 1 is 1.04 bits per heavy atom. The van der Waals surface area contributed by atoms with Crippen molar-refractivity contribution < 1.29 is 34.6 Å². The molecular weight excluding hydrogens is 352 g/mol. The Bertz CT molecular complexity index is 807. The molecule has 3 atom stereocenters. The first-order chi connectivity index (χ1) is 12.9. The van der Waals surface area contributed by atoms with Crippen LogP contribution in [-0.4, -0.2) is 53.5 Å². The lowest BCUT2D eigenvalue weighted by Crippen LogP contribution is -2.41. The van der Waals surface area contributed by atoms with Crippen molar-refractivity contribution >= 4 is 0 Å². The molecule has 1 aliphatic heterocycles. The Morgan fingerprint density at radius 2 is 1.67 bits per heavy atom. The number of methoxy groups -OCH3 is 2. The number of aliphatic hydroxyl groups is 2. The van der Waals surface area contributed by atoms with Gasteiger partial charge in [-0.25, -0.2) is 0 Å². The molecule has 0 unspecified atom stereocenters. The summed E-state index contributed by atoms with van der Waals surface area (Å²) in [4.78, 5) is 0. The van der Waals surface area contributed by atoms with E-state index >= 15 is 0 Å². The van der Waals surface area contributed by atoms with E-state index in [9.17, 15) is 20.4 Å². The molecule has 0 aliphatic carbocycles. The minimum atomic E-state index is -1.30. The van der Waals surface area contributed by atoms with Gasteiger partial charge in [-0.15, -0.1) is 0 Å². The maximum atomic E-state index is 11.2. The lowest BCUT2D eigenvalue weighted by molar-refractivity contribution is -0.0150. The van der Waals surface area contributed by atoms with Crippen LogP contribution >= 0.6 is 0 Å². The smallest absolute Gasteiger partial charge is 0.160 e. The number of benzene rings is 2. The van der Waals surface area contributed by atoms with Gasteiger partial charge >= 0.3 is 0 Å². The van der Waals surface area contributed by atoms with Crippen LogP contribution in [0.3, 0.4) is 0 Å². The molecule has 0 aromatic heterocycles. The van der Waals surface area contributed by atoms with Gasteiger partial charge in [0.15, 0.2) is 23.0 Å². The van der Waals surface area contributed by atoms with Crippen LogP contribution in [0.2, 0.25) is 0 Å². The molecular formula is C20H24O7. The van der Waals surface area contributed by atoms with Gasteiger partial charge in [0.1, 0.15) is 0 Å². The molecule has 4 N–H and O–H groups in total. The molecule has 1 heterocycles. The van der Waals surface area contributed by atoms with Crippen molar-refractivity contribution in [2.24, 2.45) is 5.92 Å². The fraction of sp³-hybridized carbons (Fsp3) is 0.400. The second-order valence-corrected chi connectivity index (χ2v) is 6.74. The van der Waals surface area contributed by atoms with Crippen molar-refractivity contribution in [1.82, 2.24) is 0 Å². The third kappa shape index (κ3) is 3.66. The van der Waals surface area contributed by atoms with E-state index < -0.39 is 17.6 Å². The molecule has 0 bridgehead atoms. The van der Waals surface area contributed by atoms with Crippen LogP contribution in [0.5, 0.6) is 23.0 Å². The SMILES string of the molecule is COc1cc(C[C@@]2(O)CO[C@@H](c3ccc(O)c(OC)c3)[C@@H]2CO)ccc1O. The Morgan fingerprint density at radius 3 is 2.30 bits per heavy atom. The molecule has 146 valence electrons. The first-order valence-electron chi connectivity index (χ1n) is 8.59. The quantitative estimate of drug-likeness (QED) is 0.608. The van der Waals surface area contributed by atoms with Crippen molar-refractivity contribution in [2.75, 3.05) is 27.4 Å². The van der Waals surface area contributed by atoms with Crippen molar-refractivity contribution in [3.8, 4) is 23.0 Å². The number of hydrogen-bond acceptors (Lipinski definition) is 7. The summed E-state index contributed by atoms with van der Waals surface area (Å²) in [7, 11) is 2.91. The molecule has 3 rings (SSSR count). The monoisotopic (exact) mass is 376 g/mol. The summed E-state index contributed by atoms with van der Waals surface area (Å²) >= 11 is 0. The summed E-state index contributed by atoms with van der Waals surface area (Å²) in [5.74, 6) is 0.0587. The van der Waals surface area contributed by atoms with E-state index in [0.29, 0.717) is 17.1 Å². The first-order valence-corrected chi connectivity index (χ1v) is 8.59. The van der Waals surface area contributed by atoms with Crippen molar-refractivity contribution in [3.63, 3.8) is 0 Å². The lowest BCUT2D eigenvalue weighted by Gasteiger charge is -2.29. The van der Waals surface area contributed by atoms with Crippen LogP contribution in [0.4, 0.5) is 0 Å². The number of phenols is 2. The van der Waals surface area contributed by atoms with E-state index in [2.05, 4.69) is 0 Å². The van der Waals surface area contributed by atoms with Gasteiger partial charge in [0.25, 0.3) is 0 Å². The molecule has 27 heavy (non-hydrogen) atoms. The second kappa shape index (κ2) is 7.64. The van der Waals surface area contributed by atoms with Crippen molar-refractivity contribution in [2.45, 2.75) is 18.1 Å². The number of hydrogen-bond donors (Lipinski definition) is 4. The van der Waals surface area contributed by atoms with Gasteiger partial charge < -0.3 is 34.6 Å². The van der Waals surface area contributed by atoms with Crippen LogP contribution in [0.15, 0.2) is 36.4 Å². The fourth-order valence-corrected chi connectivity index (χ4v) is 3.57. The van der Waals surface area contributed by atoms with Crippen molar-refractivity contribution in [3.05, 3.63) is 47.5 Å². The lowest BCUT2D eigenvalue weighted by atomic mass is 9.80. The van der Waals surface area contributed by atoms with Gasteiger partial charge in [-0.2, -0.15) is 0 Å². The topological polar surface area (TPSA) is 109 Å². The zero-order valence-electron chi connectivity index (χ0n) is 15.3. The Hall–Kier alpha value is -2.48. The largest absolute Gasteiger partial charge is 0.504 e. The average Bonchev–Trinajstić information content (AvgIpc) is 2.99. The normalized spacial score (nSPS) is 24.7. The zero-order chi connectivity index (χ0) is 19.6. The Labute approximate surface area is 157 Å². The predicted molar refractivity (Wildman–Crippen MR) is 97.2 cm³/mol. The Kier molecular flexibility index (Phi) is 5.46. The fourth-order valence-electron chi connectivity index (χ4n) is 3.57. The highest BCUT2D eigenvalue weighted by atomic mass is 16.5. The predicted octanol–water partition coefficient (Wildman–Crippen LogP) is 1.77. The van der Waals surface area contributed by atoms with Crippen LogP contribution in [0.25, 0.3) is 0 Å². The van der Waals surface area contributed by atoms with E-state index in [1.165, 1.54) is 26.4 Å². The molecule has 2 aromatic rings. The number of aliphatic hydroxyl groups excluding tert-OH is 1. The average molecular weight is 376 g/mol. The summed E-state index contributed by atoms with van der Waals surface area (Å²) in [6.45, 7) is -0.241. The highest BCUT2D eigenvalue weighted by molar-refractivity contribution is 5.44. The number of phenolic OH excluding ortho intramolecular Hbond substituents is 2. The first kappa shape index (κ1) is 19.3. The molecule has 7 nitrogen and oxygen atoms in total. The minimum Gasteiger partial charge on any atom is -0.504 e. The third-order valence-corrected chi connectivity index (χ3v) is 5.05. The third-order valence-electron chi connectivity index (χ3n) is 5.05. The standard InChI is InChI=1S/C20H24O7/c1-25-17-7-12(3-5-15(17)22)9-20(24)11-27-19(14(20)10-21)13-4-6-16(23)18(8-13)26-2/h3-8,14,19,21-24H,9-11H2,1-2H3/t14-,19-,20+/m0/s1. The number of ether oxygens (including phenoxy) is 3. The highest BCUT2D eigenvalue weighted by Gasteiger charge is 2.49. The highest BCUT2D eigenvalue weighted by Crippen LogP contribution is 2.44. The molecule has 1 saturated heterocycles. The summed E-state index contributed by atoms with van der Waals surface area (Å²) < 4.78 is 16.1. The zero-order valence-corrected chi connectivity index (χ0v) is 15.3. The Balaban J connectivity index is 1.87. The number of rotatable bonds is 6. The maximum Gasteiger partial charge on any atom is 0.160 e. The molecule has 2 aromatic carbocycles. The van der Waals surface area contributed by atoms with Gasteiger partial charge in [0.05, 0.1) is 39.1 Å². The van der Waals surface area contributed by atoms with Crippen LogP contribution in [0.1, 0.15) is 17.2 Å². The van der Waals surface area contributed by atoms with Gasteiger partial charge in [-0.05, 0) is 35.4 Å². The van der Waals surface area contributed by atoms with Crippen LogP contribution in [0, 0.1) is 5.92 Å². The van der Waals surface area contributed by atoms with Gasteiger partial charge in [-0.3, -0.25) is 0 Å². The molecule has 0 amide bonds. The molecule has 1 aliphatic rings. The molecule has 1 fully saturated rings. The van der Waals surface area contributed by atoms with Gasteiger partial charge in [0.2, 0.25) is 0 Å². The molecule has 0 radical (unpaired) electrons. The summed E-state index contributed by atoms with van der Waals surface area (Å²) in [6, 6.07) is 9.66. The van der Waals surface area contributed by atoms with E-state index in [1.54, 1.807) is 24.3 Å². The van der Waals surface area contributed by atoms with E-state index in [-0.39, 0.29) is 31.1 Å². The van der Waals surface area contributed by atoms with Crippen LogP contribution < -0.4 is 9.47 Å². The summed E-state index contributed by atoms with van der Waals surface area (Å²) in [5.41, 5.74) is 0.146. The van der Waals surface area contributed by atoms with Crippen molar-refractivity contribution in [1.29, 1.82) is 0 Å². The summed E-state index contributed by atoms with van der Waals surface area (Å²) in [5, 5.41) is 40.6. The van der Waals surface area contributed by atoms with E-state index in [1.807, 2.05) is 0 Å². The van der Waals surface area contributed by atoms with Gasteiger partial charge in [0, 0.05) is 12.3 Å². The molecule has 0 saturated carbocycles. The second-order valence-electron chi connectivity index (χ2n) is 6.74.